The van der Waals surface area contributed by atoms with Gasteiger partial charge in [-0.05, 0) is 81.8 Å². The maximum Gasteiger partial charge on any atom is 0.188 e. The zero-order valence-corrected chi connectivity index (χ0v) is 34.0. The SMILES string of the molecule is CCCCCCOP(=S)(CCCSSSSCCCP(=S)(OCCCCCC)OCCCCCC)OCCCCCC. The monoisotopic (exact) mass is 742 g/mol. The third-order valence-corrected chi connectivity index (χ3v) is 19.6. The minimum Gasteiger partial charge on any atom is -0.329 e. The Kier molecular flexibility index (Phi) is 35.5. The highest BCUT2D eigenvalue weighted by Crippen LogP contribution is 2.52. The number of hydrogen-bond donors (Lipinski definition) is 0. The Morgan fingerprint density at radius 3 is 0.952 bits per heavy atom. The number of rotatable bonds is 35. The smallest absolute Gasteiger partial charge is 0.188 e. The van der Waals surface area contributed by atoms with Crippen LogP contribution in [0.25, 0.3) is 0 Å². The average Bonchev–Trinajstić information content (AvgIpc) is 2.98. The summed E-state index contributed by atoms with van der Waals surface area (Å²) in [6, 6.07) is 0. The van der Waals surface area contributed by atoms with Crippen molar-refractivity contribution in [2.75, 3.05) is 50.3 Å². The molecule has 254 valence electrons. The van der Waals surface area contributed by atoms with Crippen LogP contribution in [0, 0.1) is 0 Å². The fourth-order valence-corrected chi connectivity index (χ4v) is 15.6. The van der Waals surface area contributed by atoms with Gasteiger partial charge in [0.15, 0.2) is 13.0 Å². The lowest BCUT2D eigenvalue weighted by Crippen LogP contribution is -2.04. The summed E-state index contributed by atoms with van der Waals surface area (Å²) in [5, 5.41) is 0. The van der Waals surface area contributed by atoms with Gasteiger partial charge in [0.1, 0.15) is 0 Å². The van der Waals surface area contributed by atoms with Gasteiger partial charge in [-0.3, -0.25) is 0 Å². The van der Waals surface area contributed by atoms with Crippen molar-refractivity contribution < 1.29 is 18.1 Å². The second kappa shape index (κ2) is 33.4. The van der Waals surface area contributed by atoms with Gasteiger partial charge in [-0.15, -0.1) is 0 Å². The summed E-state index contributed by atoms with van der Waals surface area (Å²) in [6.07, 6.45) is 23.2. The Labute approximate surface area is 287 Å². The Bertz CT molecular complexity index is 573. The van der Waals surface area contributed by atoms with Crippen molar-refractivity contribution in [2.24, 2.45) is 0 Å². The molecule has 12 heteroatoms. The molecule has 0 aromatic rings. The quantitative estimate of drug-likeness (QED) is 0.0356. The summed E-state index contributed by atoms with van der Waals surface area (Å²) < 4.78 is 24.9. The maximum atomic E-state index is 6.22. The van der Waals surface area contributed by atoms with Crippen LogP contribution in [0.1, 0.15) is 143 Å². The molecule has 0 saturated heterocycles. The highest BCUT2D eigenvalue weighted by atomic mass is 33.7. The third-order valence-electron chi connectivity index (χ3n) is 6.59. The number of hydrogen-bond acceptors (Lipinski definition) is 10. The molecule has 0 bridgehead atoms. The van der Waals surface area contributed by atoms with E-state index in [9.17, 15) is 0 Å². The fraction of sp³-hybridized carbons (Fsp3) is 1.00. The molecule has 0 radical (unpaired) electrons. The lowest BCUT2D eigenvalue weighted by Gasteiger charge is -2.22. The lowest BCUT2D eigenvalue weighted by atomic mass is 10.2. The van der Waals surface area contributed by atoms with Crippen molar-refractivity contribution in [3.63, 3.8) is 0 Å². The summed E-state index contributed by atoms with van der Waals surface area (Å²) in [6.45, 7) is 7.64. The first kappa shape index (κ1) is 44.5. The van der Waals surface area contributed by atoms with E-state index in [1.807, 2.05) is 41.2 Å². The van der Waals surface area contributed by atoms with E-state index in [0.29, 0.717) is 0 Å². The van der Waals surface area contributed by atoms with Crippen LogP contribution in [0.2, 0.25) is 0 Å². The lowest BCUT2D eigenvalue weighted by molar-refractivity contribution is 0.237. The van der Waals surface area contributed by atoms with Gasteiger partial charge >= 0.3 is 0 Å². The summed E-state index contributed by atoms with van der Waals surface area (Å²) in [5.74, 6) is 2.15. The van der Waals surface area contributed by atoms with Crippen molar-refractivity contribution in [3.05, 3.63) is 0 Å². The van der Waals surface area contributed by atoms with Gasteiger partial charge in [-0.25, -0.2) is 0 Å². The van der Waals surface area contributed by atoms with E-state index in [-0.39, 0.29) is 0 Å². The molecule has 0 spiro atoms. The third kappa shape index (κ3) is 29.9. The Morgan fingerprint density at radius 1 is 0.405 bits per heavy atom. The minimum atomic E-state index is -2.16. The number of unbranched alkanes of at least 4 members (excludes halogenated alkanes) is 12. The molecule has 0 amide bonds. The van der Waals surface area contributed by atoms with Crippen LogP contribution in [0.3, 0.4) is 0 Å². The molecule has 0 aliphatic rings. The van der Waals surface area contributed by atoms with Crippen molar-refractivity contribution in [3.8, 4) is 0 Å². The standard InChI is InChI=1S/C30H64O4P2S6/c1-5-9-13-17-23-31-35(37,32-24-18-14-10-6-2)27-21-29-39-41-42-40-30-22-28-36(38,33-25-19-15-11-7-3)34-26-20-16-12-8-4/h5-30H2,1-4H3. The molecule has 0 heterocycles. The second-order valence-corrected chi connectivity index (χ2v) is 24.7. The summed E-state index contributed by atoms with van der Waals surface area (Å²) in [5.41, 5.74) is 0. The van der Waals surface area contributed by atoms with Crippen molar-refractivity contribution >= 4 is 77.8 Å². The van der Waals surface area contributed by atoms with Gasteiger partial charge in [-0.2, -0.15) is 0 Å². The summed E-state index contributed by atoms with van der Waals surface area (Å²) >= 11 is 11.9. The van der Waals surface area contributed by atoms with Crippen LogP contribution in [0.15, 0.2) is 0 Å². The van der Waals surface area contributed by atoms with E-state index in [0.717, 1.165) is 88.8 Å². The van der Waals surface area contributed by atoms with Crippen molar-refractivity contribution in [1.29, 1.82) is 0 Å². The Hall–Kier alpha value is 2.54. The highest BCUT2D eigenvalue weighted by Gasteiger charge is 2.20. The van der Waals surface area contributed by atoms with Gasteiger partial charge in [0.25, 0.3) is 0 Å². The first-order chi connectivity index (χ1) is 20.4. The molecule has 0 atom stereocenters. The van der Waals surface area contributed by atoms with Gasteiger partial charge in [0.2, 0.25) is 0 Å². The predicted molar refractivity (Wildman–Crippen MR) is 208 cm³/mol. The Balaban J connectivity index is 4.21. The van der Waals surface area contributed by atoms with E-state index in [2.05, 4.69) is 27.7 Å². The molecule has 42 heavy (non-hydrogen) atoms. The zero-order valence-electron chi connectivity index (χ0n) is 27.4. The maximum absolute atomic E-state index is 6.22. The molecule has 0 rings (SSSR count). The summed E-state index contributed by atoms with van der Waals surface area (Å²) in [7, 11) is 7.58. The first-order valence-corrected chi connectivity index (χ1v) is 27.6. The van der Waals surface area contributed by atoms with E-state index in [1.54, 1.807) is 0 Å². The normalized spacial score (nSPS) is 12.4. The molecule has 0 unspecified atom stereocenters. The molecule has 0 fully saturated rings. The average molecular weight is 743 g/mol. The van der Waals surface area contributed by atoms with Gasteiger partial charge < -0.3 is 18.1 Å². The van der Waals surface area contributed by atoms with E-state index in [1.165, 1.54) is 77.0 Å². The van der Waals surface area contributed by atoms with Crippen molar-refractivity contribution in [2.45, 2.75) is 143 Å². The molecule has 0 aromatic carbocycles. The van der Waals surface area contributed by atoms with Crippen LogP contribution in [0.5, 0.6) is 0 Å². The highest BCUT2D eigenvalue weighted by molar-refractivity contribution is 9.26. The van der Waals surface area contributed by atoms with Crippen LogP contribution >= 0.6 is 54.2 Å². The molecular formula is C30H64O4P2S6. The largest absolute Gasteiger partial charge is 0.329 e. The molecule has 0 aromatic heterocycles. The molecular weight excluding hydrogens is 679 g/mol. The minimum absolute atomic E-state index is 0.752. The van der Waals surface area contributed by atoms with Gasteiger partial charge in [0, 0.05) is 23.8 Å². The van der Waals surface area contributed by atoms with Gasteiger partial charge in [0.05, 0.1) is 26.4 Å². The van der Waals surface area contributed by atoms with Crippen LogP contribution in [0.4, 0.5) is 0 Å². The van der Waals surface area contributed by atoms with Crippen LogP contribution < -0.4 is 0 Å². The molecule has 4 nitrogen and oxygen atoms in total. The van der Waals surface area contributed by atoms with E-state index in [4.69, 9.17) is 41.7 Å². The summed E-state index contributed by atoms with van der Waals surface area (Å²) in [4.78, 5) is 0. The van der Waals surface area contributed by atoms with E-state index >= 15 is 0 Å². The predicted octanol–water partition coefficient (Wildman–Crippen LogP) is 13.5. The molecule has 0 aliphatic carbocycles. The molecule has 0 N–H and O–H groups in total. The second-order valence-electron chi connectivity index (χ2n) is 10.7. The van der Waals surface area contributed by atoms with E-state index < -0.39 is 13.0 Å². The molecule has 0 saturated carbocycles. The topological polar surface area (TPSA) is 36.9 Å². The molecule has 0 aliphatic heterocycles. The van der Waals surface area contributed by atoms with Crippen LogP contribution in [-0.4, -0.2) is 50.3 Å². The van der Waals surface area contributed by atoms with Crippen LogP contribution in [-0.2, 0) is 41.7 Å². The fourth-order valence-electron chi connectivity index (χ4n) is 4.00. The van der Waals surface area contributed by atoms with Gasteiger partial charge in [-0.1, -0.05) is 126 Å². The first-order valence-electron chi connectivity index (χ1n) is 16.8. The Morgan fingerprint density at radius 2 is 0.690 bits per heavy atom. The van der Waals surface area contributed by atoms with Crippen molar-refractivity contribution in [1.82, 2.24) is 0 Å². The zero-order chi connectivity index (χ0) is 31.0.